The largest absolute Gasteiger partial charge is 0.354 e. The van der Waals surface area contributed by atoms with Crippen molar-refractivity contribution >= 4 is 17.5 Å². The van der Waals surface area contributed by atoms with E-state index < -0.39 is 0 Å². The van der Waals surface area contributed by atoms with Gasteiger partial charge in [-0.1, -0.05) is 13.3 Å². The lowest BCUT2D eigenvalue weighted by Gasteiger charge is -2.33. The van der Waals surface area contributed by atoms with Gasteiger partial charge in [-0.25, -0.2) is 4.98 Å². The van der Waals surface area contributed by atoms with Gasteiger partial charge < -0.3 is 10.2 Å². The maximum absolute atomic E-state index is 11.4. The number of anilines is 2. The summed E-state index contributed by atoms with van der Waals surface area (Å²) in [5.41, 5.74) is 0.452. The van der Waals surface area contributed by atoms with Gasteiger partial charge in [0.1, 0.15) is 5.69 Å². The van der Waals surface area contributed by atoms with Gasteiger partial charge in [0.05, 0.1) is 4.92 Å². The van der Waals surface area contributed by atoms with E-state index in [1.807, 2.05) is 11.8 Å². The fourth-order valence-corrected chi connectivity index (χ4v) is 2.81. The quantitative estimate of drug-likeness (QED) is 0.663. The van der Waals surface area contributed by atoms with Crippen molar-refractivity contribution in [2.24, 2.45) is 5.92 Å². The first-order valence-corrected chi connectivity index (χ1v) is 7.58. The van der Waals surface area contributed by atoms with E-state index in [9.17, 15) is 10.1 Å². The van der Waals surface area contributed by atoms with Crippen molar-refractivity contribution in [3.05, 3.63) is 15.8 Å². The van der Waals surface area contributed by atoms with Crippen molar-refractivity contribution in [2.45, 2.75) is 40.0 Å². The zero-order valence-corrected chi connectivity index (χ0v) is 12.9. The highest BCUT2D eigenvalue weighted by Crippen LogP contribution is 2.33. The van der Waals surface area contributed by atoms with E-state index in [0.717, 1.165) is 25.9 Å². The molecular weight excluding hydrogens is 270 g/mol. The SMILES string of the molecule is CCNc1nc(C)c([N+](=O)[O-])c(N2CCCC(CC)C2)n1. The van der Waals surface area contributed by atoms with Crippen molar-refractivity contribution in [3.8, 4) is 0 Å². The van der Waals surface area contributed by atoms with E-state index in [1.54, 1.807) is 6.92 Å². The van der Waals surface area contributed by atoms with Crippen LogP contribution in [0.25, 0.3) is 0 Å². The number of nitrogens with zero attached hydrogens (tertiary/aromatic N) is 4. The van der Waals surface area contributed by atoms with Crippen molar-refractivity contribution < 1.29 is 4.92 Å². The minimum absolute atomic E-state index is 0.0356. The molecule has 1 unspecified atom stereocenters. The number of aromatic nitrogens is 2. The lowest BCUT2D eigenvalue weighted by atomic mass is 9.95. The summed E-state index contributed by atoms with van der Waals surface area (Å²) >= 11 is 0. The Morgan fingerprint density at radius 3 is 2.81 bits per heavy atom. The maximum Gasteiger partial charge on any atom is 0.332 e. The molecule has 1 aromatic heterocycles. The second kappa shape index (κ2) is 6.69. The van der Waals surface area contributed by atoms with Gasteiger partial charge in [0.25, 0.3) is 0 Å². The molecule has 2 rings (SSSR count). The van der Waals surface area contributed by atoms with Crippen LogP contribution in [0.3, 0.4) is 0 Å². The summed E-state index contributed by atoms with van der Waals surface area (Å²) in [6.07, 6.45) is 3.33. The standard InChI is InChI=1S/C14H23N5O2/c1-4-11-7-6-8-18(9-11)13-12(19(20)21)10(3)16-14(17-13)15-5-2/h11H,4-9H2,1-3H3,(H,15,16,17). The molecule has 0 bridgehead atoms. The van der Waals surface area contributed by atoms with Crippen LogP contribution in [0.2, 0.25) is 0 Å². The normalized spacial score (nSPS) is 18.6. The molecule has 116 valence electrons. The molecule has 0 spiro atoms. The Morgan fingerprint density at radius 2 is 2.19 bits per heavy atom. The summed E-state index contributed by atoms with van der Waals surface area (Å²) in [5.74, 6) is 1.51. The third-order valence-electron chi connectivity index (χ3n) is 3.95. The Labute approximate surface area is 124 Å². The third-order valence-corrected chi connectivity index (χ3v) is 3.95. The van der Waals surface area contributed by atoms with Crippen LogP contribution in [0.1, 0.15) is 38.8 Å². The van der Waals surface area contributed by atoms with Gasteiger partial charge in [-0.15, -0.1) is 0 Å². The predicted octanol–water partition coefficient (Wildman–Crippen LogP) is 2.75. The fraction of sp³-hybridized carbons (Fsp3) is 0.714. The molecule has 1 aliphatic rings. The van der Waals surface area contributed by atoms with Crippen molar-refractivity contribution in [1.29, 1.82) is 0 Å². The molecule has 0 aliphatic carbocycles. The van der Waals surface area contributed by atoms with E-state index >= 15 is 0 Å². The highest BCUT2D eigenvalue weighted by molar-refractivity contribution is 5.62. The van der Waals surface area contributed by atoms with Crippen molar-refractivity contribution in [2.75, 3.05) is 29.9 Å². The van der Waals surface area contributed by atoms with Crippen LogP contribution in [0.4, 0.5) is 17.5 Å². The number of nitro groups is 1. The Hall–Kier alpha value is -1.92. The van der Waals surface area contributed by atoms with E-state index in [1.165, 1.54) is 6.42 Å². The summed E-state index contributed by atoms with van der Waals surface area (Å²) < 4.78 is 0. The number of aryl methyl sites for hydroxylation is 1. The molecular formula is C14H23N5O2. The van der Waals surface area contributed by atoms with Gasteiger partial charge in [0.15, 0.2) is 0 Å². The molecule has 1 fully saturated rings. The summed E-state index contributed by atoms with van der Waals surface area (Å²) in [6.45, 7) is 8.13. The molecule has 21 heavy (non-hydrogen) atoms. The van der Waals surface area contributed by atoms with Gasteiger partial charge in [-0.3, -0.25) is 10.1 Å². The number of nitrogens with one attached hydrogen (secondary N) is 1. The number of piperidine rings is 1. The lowest BCUT2D eigenvalue weighted by Crippen LogP contribution is -2.36. The Balaban J connectivity index is 2.41. The average Bonchev–Trinajstić information content (AvgIpc) is 2.46. The maximum atomic E-state index is 11.4. The minimum atomic E-state index is -0.365. The number of hydrogen-bond donors (Lipinski definition) is 1. The first kappa shape index (κ1) is 15.5. The Kier molecular flexibility index (Phi) is 4.93. The molecule has 0 radical (unpaired) electrons. The molecule has 7 nitrogen and oxygen atoms in total. The molecule has 0 saturated carbocycles. The highest BCUT2D eigenvalue weighted by Gasteiger charge is 2.29. The zero-order chi connectivity index (χ0) is 15.4. The molecule has 1 aromatic rings. The molecule has 0 amide bonds. The van der Waals surface area contributed by atoms with Crippen LogP contribution in [-0.4, -0.2) is 34.5 Å². The predicted molar refractivity (Wildman–Crippen MR) is 82.8 cm³/mol. The van der Waals surface area contributed by atoms with Crippen molar-refractivity contribution in [3.63, 3.8) is 0 Å². The molecule has 1 N–H and O–H groups in total. The van der Waals surface area contributed by atoms with Crippen LogP contribution in [0.5, 0.6) is 0 Å². The molecule has 1 atom stereocenters. The Morgan fingerprint density at radius 1 is 1.43 bits per heavy atom. The first-order chi connectivity index (χ1) is 10.1. The summed E-state index contributed by atoms with van der Waals surface area (Å²) in [7, 11) is 0. The van der Waals surface area contributed by atoms with Crippen LogP contribution >= 0.6 is 0 Å². The molecule has 7 heteroatoms. The van der Waals surface area contributed by atoms with E-state index in [0.29, 0.717) is 29.9 Å². The van der Waals surface area contributed by atoms with Gasteiger partial charge in [-0.05, 0) is 32.6 Å². The summed E-state index contributed by atoms with van der Waals surface area (Å²) in [5, 5.41) is 14.4. The van der Waals surface area contributed by atoms with E-state index in [2.05, 4.69) is 22.2 Å². The smallest absolute Gasteiger partial charge is 0.332 e. The number of hydrogen-bond acceptors (Lipinski definition) is 6. The fourth-order valence-electron chi connectivity index (χ4n) is 2.81. The summed E-state index contributed by atoms with van der Waals surface area (Å²) in [4.78, 5) is 21.7. The van der Waals surface area contributed by atoms with Crippen LogP contribution in [0, 0.1) is 23.0 Å². The van der Waals surface area contributed by atoms with Crippen LogP contribution < -0.4 is 10.2 Å². The second-order valence-electron chi connectivity index (χ2n) is 5.45. The Bertz CT molecular complexity index is 520. The lowest BCUT2D eigenvalue weighted by molar-refractivity contribution is -0.385. The third kappa shape index (κ3) is 3.40. The first-order valence-electron chi connectivity index (χ1n) is 7.58. The van der Waals surface area contributed by atoms with Crippen LogP contribution in [-0.2, 0) is 0 Å². The van der Waals surface area contributed by atoms with E-state index in [-0.39, 0.29) is 10.6 Å². The van der Waals surface area contributed by atoms with E-state index in [4.69, 9.17) is 0 Å². The molecule has 2 heterocycles. The topological polar surface area (TPSA) is 84.2 Å². The summed E-state index contributed by atoms with van der Waals surface area (Å²) in [6, 6.07) is 0. The van der Waals surface area contributed by atoms with Crippen molar-refractivity contribution in [1.82, 2.24) is 9.97 Å². The minimum Gasteiger partial charge on any atom is -0.354 e. The average molecular weight is 293 g/mol. The molecule has 1 saturated heterocycles. The molecule has 0 aromatic carbocycles. The van der Waals surface area contributed by atoms with Gasteiger partial charge in [-0.2, -0.15) is 4.98 Å². The van der Waals surface area contributed by atoms with Gasteiger partial charge >= 0.3 is 5.69 Å². The number of rotatable bonds is 5. The molecule has 1 aliphatic heterocycles. The highest BCUT2D eigenvalue weighted by atomic mass is 16.6. The zero-order valence-electron chi connectivity index (χ0n) is 12.9. The second-order valence-corrected chi connectivity index (χ2v) is 5.45. The monoisotopic (exact) mass is 293 g/mol. The van der Waals surface area contributed by atoms with Gasteiger partial charge in [0.2, 0.25) is 11.8 Å². The van der Waals surface area contributed by atoms with Gasteiger partial charge in [0, 0.05) is 19.6 Å². The van der Waals surface area contributed by atoms with Crippen LogP contribution in [0.15, 0.2) is 0 Å².